The topological polar surface area (TPSA) is 48.1 Å². The van der Waals surface area contributed by atoms with Gasteiger partial charge in [0.25, 0.3) is 0 Å². The van der Waals surface area contributed by atoms with Gasteiger partial charge in [-0.3, -0.25) is 4.79 Å². The Bertz CT molecular complexity index is 641. The van der Waals surface area contributed by atoms with E-state index in [0.29, 0.717) is 6.42 Å². The fraction of sp³-hybridized carbons (Fsp3) is 0.550. The van der Waals surface area contributed by atoms with Crippen LogP contribution in [0.1, 0.15) is 44.1 Å². The Labute approximate surface area is 144 Å². The lowest BCUT2D eigenvalue weighted by Gasteiger charge is -2.19. The van der Waals surface area contributed by atoms with Gasteiger partial charge in [-0.2, -0.15) is 0 Å². The molecule has 0 aliphatic carbocycles. The SMILES string of the molecule is O=C(CCCc1c[nH]c2ccccc12)NCCN1CCCCCC1. The van der Waals surface area contributed by atoms with Crippen LogP contribution < -0.4 is 5.32 Å². The number of para-hydroxylation sites is 1. The summed E-state index contributed by atoms with van der Waals surface area (Å²) in [5.74, 6) is 0.185. The average molecular weight is 327 g/mol. The molecule has 4 heteroatoms. The molecule has 1 saturated heterocycles. The van der Waals surface area contributed by atoms with Crippen LogP contribution in [0.3, 0.4) is 0 Å². The number of benzene rings is 1. The number of fused-ring (bicyclic) bond motifs is 1. The molecule has 2 aromatic rings. The number of nitrogens with zero attached hydrogens (tertiary/aromatic N) is 1. The summed E-state index contributed by atoms with van der Waals surface area (Å²) in [5.41, 5.74) is 2.48. The van der Waals surface area contributed by atoms with Gasteiger partial charge in [-0.25, -0.2) is 0 Å². The number of aromatic nitrogens is 1. The number of carbonyl (C=O) groups excluding carboxylic acids is 1. The summed E-state index contributed by atoms with van der Waals surface area (Å²) in [5, 5.41) is 4.36. The number of H-pyrrole nitrogens is 1. The molecule has 130 valence electrons. The van der Waals surface area contributed by atoms with E-state index < -0.39 is 0 Å². The standard InChI is InChI=1S/C20H29N3O/c24-20(21-12-15-23-13-5-1-2-6-14-23)11-7-8-17-16-22-19-10-4-3-9-18(17)19/h3-4,9-10,16,22H,1-2,5-8,11-15H2,(H,21,24). The summed E-state index contributed by atoms with van der Waals surface area (Å²) in [6.07, 6.45) is 9.85. The molecule has 1 aromatic carbocycles. The van der Waals surface area contributed by atoms with Crippen molar-refractivity contribution in [2.45, 2.75) is 44.9 Å². The lowest BCUT2D eigenvalue weighted by Crippen LogP contribution is -2.35. The molecule has 1 fully saturated rings. The summed E-state index contributed by atoms with van der Waals surface area (Å²) >= 11 is 0. The Morgan fingerprint density at radius 2 is 1.92 bits per heavy atom. The van der Waals surface area contributed by atoms with Crippen LogP contribution in [-0.4, -0.2) is 42.0 Å². The molecule has 0 radical (unpaired) electrons. The molecule has 3 rings (SSSR count). The van der Waals surface area contributed by atoms with E-state index in [1.807, 2.05) is 6.07 Å². The predicted octanol–water partition coefficient (Wildman–Crippen LogP) is 3.48. The smallest absolute Gasteiger partial charge is 0.220 e. The molecule has 2 heterocycles. The van der Waals surface area contributed by atoms with Crippen molar-refractivity contribution >= 4 is 16.8 Å². The van der Waals surface area contributed by atoms with Crippen molar-refractivity contribution in [2.24, 2.45) is 0 Å². The normalized spacial score (nSPS) is 16.2. The zero-order valence-corrected chi connectivity index (χ0v) is 14.5. The Balaban J connectivity index is 1.34. The molecule has 1 aliphatic rings. The number of amides is 1. The predicted molar refractivity (Wildman–Crippen MR) is 99.2 cm³/mol. The number of likely N-dealkylation sites (tertiary alicyclic amines) is 1. The van der Waals surface area contributed by atoms with Crippen LogP contribution in [0.5, 0.6) is 0 Å². The van der Waals surface area contributed by atoms with Crippen molar-refractivity contribution in [2.75, 3.05) is 26.2 Å². The molecule has 4 nitrogen and oxygen atoms in total. The molecular formula is C20H29N3O. The van der Waals surface area contributed by atoms with E-state index in [0.717, 1.165) is 25.9 Å². The molecule has 0 saturated carbocycles. The fourth-order valence-electron chi connectivity index (χ4n) is 3.58. The highest BCUT2D eigenvalue weighted by atomic mass is 16.1. The van der Waals surface area contributed by atoms with Crippen molar-refractivity contribution in [3.63, 3.8) is 0 Å². The van der Waals surface area contributed by atoms with Crippen LogP contribution in [0, 0.1) is 0 Å². The molecule has 1 aromatic heterocycles. The van der Waals surface area contributed by atoms with Gasteiger partial charge in [-0.15, -0.1) is 0 Å². The highest BCUT2D eigenvalue weighted by Gasteiger charge is 2.09. The van der Waals surface area contributed by atoms with Gasteiger partial charge >= 0.3 is 0 Å². The molecule has 1 amide bonds. The van der Waals surface area contributed by atoms with Gasteiger partial charge in [0.1, 0.15) is 0 Å². The zero-order valence-electron chi connectivity index (χ0n) is 14.5. The second-order valence-corrected chi connectivity index (χ2v) is 6.82. The maximum atomic E-state index is 12.0. The first kappa shape index (κ1) is 17.0. The summed E-state index contributed by atoms with van der Waals surface area (Å²) in [4.78, 5) is 17.8. The van der Waals surface area contributed by atoms with E-state index in [1.54, 1.807) is 0 Å². The first-order chi connectivity index (χ1) is 11.8. The minimum Gasteiger partial charge on any atom is -0.361 e. The minimum atomic E-state index is 0.185. The third-order valence-corrected chi connectivity index (χ3v) is 4.97. The van der Waals surface area contributed by atoms with Gasteiger partial charge in [0.05, 0.1) is 0 Å². The van der Waals surface area contributed by atoms with E-state index in [-0.39, 0.29) is 5.91 Å². The van der Waals surface area contributed by atoms with Crippen LogP contribution in [0.2, 0.25) is 0 Å². The van der Waals surface area contributed by atoms with Crippen molar-refractivity contribution in [3.8, 4) is 0 Å². The van der Waals surface area contributed by atoms with Crippen molar-refractivity contribution in [1.29, 1.82) is 0 Å². The van der Waals surface area contributed by atoms with Crippen LogP contribution >= 0.6 is 0 Å². The molecular weight excluding hydrogens is 298 g/mol. The van der Waals surface area contributed by atoms with Gasteiger partial charge in [-0.05, 0) is 50.4 Å². The third-order valence-electron chi connectivity index (χ3n) is 4.97. The van der Waals surface area contributed by atoms with Crippen molar-refractivity contribution in [1.82, 2.24) is 15.2 Å². The van der Waals surface area contributed by atoms with E-state index >= 15 is 0 Å². The summed E-state index contributed by atoms with van der Waals surface area (Å²) in [6.45, 7) is 4.16. The summed E-state index contributed by atoms with van der Waals surface area (Å²) in [6, 6.07) is 8.34. The van der Waals surface area contributed by atoms with Crippen molar-refractivity contribution in [3.05, 3.63) is 36.0 Å². The molecule has 0 atom stereocenters. The summed E-state index contributed by atoms with van der Waals surface area (Å²) in [7, 11) is 0. The minimum absolute atomic E-state index is 0.185. The van der Waals surface area contributed by atoms with Gasteiger partial charge in [0, 0.05) is 36.6 Å². The molecule has 0 spiro atoms. The first-order valence-corrected chi connectivity index (χ1v) is 9.37. The van der Waals surface area contributed by atoms with E-state index in [4.69, 9.17) is 0 Å². The van der Waals surface area contributed by atoms with Crippen LogP contribution in [-0.2, 0) is 11.2 Å². The van der Waals surface area contributed by atoms with Gasteiger partial charge < -0.3 is 15.2 Å². The maximum Gasteiger partial charge on any atom is 0.220 e. The zero-order chi connectivity index (χ0) is 16.6. The Kier molecular flexibility index (Phi) is 6.30. The molecule has 0 unspecified atom stereocenters. The van der Waals surface area contributed by atoms with Gasteiger partial charge in [-0.1, -0.05) is 31.0 Å². The Hall–Kier alpha value is -1.81. The van der Waals surface area contributed by atoms with E-state index in [1.165, 1.54) is 55.2 Å². The molecule has 2 N–H and O–H groups in total. The van der Waals surface area contributed by atoms with Gasteiger partial charge in [0.2, 0.25) is 5.91 Å². The largest absolute Gasteiger partial charge is 0.361 e. The second kappa shape index (κ2) is 8.88. The second-order valence-electron chi connectivity index (χ2n) is 6.82. The third kappa shape index (κ3) is 4.84. The van der Waals surface area contributed by atoms with Crippen LogP contribution in [0.15, 0.2) is 30.5 Å². The number of aryl methyl sites for hydroxylation is 1. The number of hydrogen-bond donors (Lipinski definition) is 2. The first-order valence-electron chi connectivity index (χ1n) is 9.37. The number of nitrogens with one attached hydrogen (secondary N) is 2. The maximum absolute atomic E-state index is 12.0. The highest BCUT2D eigenvalue weighted by molar-refractivity contribution is 5.83. The number of hydrogen-bond acceptors (Lipinski definition) is 2. The lowest BCUT2D eigenvalue weighted by molar-refractivity contribution is -0.121. The highest BCUT2D eigenvalue weighted by Crippen LogP contribution is 2.19. The van der Waals surface area contributed by atoms with Crippen LogP contribution in [0.25, 0.3) is 10.9 Å². The van der Waals surface area contributed by atoms with Crippen molar-refractivity contribution < 1.29 is 4.79 Å². The van der Waals surface area contributed by atoms with E-state index in [9.17, 15) is 4.79 Å². The molecule has 24 heavy (non-hydrogen) atoms. The fourth-order valence-corrected chi connectivity index (χ4v) is 3.58. The average Bonchev–Trinajstić information content (AvgIpc) is 2.82. The Morgan fingerprint density at radius 3 is 2.75 bits per heavy atom. The Morgan fingerprint density at radius 1 is 1.12 bits per heavy atom. The quantitative estimate of drug-likeness (QED) is 0.818. The van der Waals surface area contributed by atoms with Gasteiger partial charge in [0.15, 0.2) is 0 Å². The van der Waals surface area contributed by atoms with E-state index in [2.05, 4.69) is 39.6 Å². The molecule has 1 aliphatic heterocycles. The number of carbonyl (C=O) groups is 1. The number of aromatic amines is 1. The number of rotatable bonds is 7. The molecule has 0 bridgehead atoms. The lowest BCUT2D eigenvalue weighted by atomic mass is 10.1. The monoisotopic (exact) mass is 327 g/mol. The summed E-state index contributed by atoms with van der Waals surface area (Å²) < 4.78 is 0. The van der Waals surface area contributed by atoms with Crippen LogP contribution in [0.4, 0.5) is 0 Å².